The van der Waals surface area contributed by atoms with E-state index >= 15 is 0 Å². The van der Waals surface area contributed by atoms with Crippen molar-refractivity contribution in [3.8, 4) is 11.1 Å². The van der Waals surface area contributed by atoms with Gasteiger partial charge in [0.05, 0.1) is 6.61 Å². The topological polar surface area (TPSA) is 33.1 Å². The lowest BCUT2D eigenvalue weighted by atomic mass is 9.86. The van der Waals surface area contributed by atoms with Crippen LogP contribution in [0.25, 0.3) is 11.1 Å². The molecule has 0 amide bonds. The fourth-order valence-electron chi connectivity index (χ4n) is 3.29. The van der Waals surface area contributed by atoms with E-state index < -0.39 is 0 Å². The van der Waals surface area contributed by atoms with E-state index in [9.17, 15) is 9.50 Å². The van der Waals surface area contributed by atoms with E-state index in [0.29, 0.717) is 5.92 Å². The fourth-order valence-corrected chi connectivity index (χ4v) is 3.29. The van der Waals surface area contributed by atoms with Crippen molar-refractivity contribution < 1.29 is 9.50 Å². The summed E-state index contributed by atoms with van der Waals surface area (Å²) in [6.45, 7) is 10.6. The molecule has 0 saturated heterocycles. The quantitative estimate of drug-likeness (QED) is 0.750. The van der Waals surface area contributed by atoms with Crippen LogP contribution in [0, 0.1) is 5.82 Å². The number of nitrogens with zero attached hydrogens (tertiary/aromatic N) is 1. The van der Waals surface area contributed by atoms with E-state index in [1.54, 1.807) is 12.1 Å². The third kappa shape index (κ3) is 3.67. The number of halogens is 1. The van der Waals surface area contributed by atoms with Crippen LogP contribution in [0.2, 0.25) is 0 Å². The Kier molecular flexibility index (Phi) is 6.11. The van der Waals surface area contributed by atoms with Crippen molar-refractivity contribution in [1.29, 1.82) is 0 Å². The number of aliphatic hydroxyl groups is 1. The molecule has 2 nitrogen and oxygen atoms in total. The Morgan fingerprint density at radius 3 is 1.96 bits per heavy atom. The first-order valence-electron chi connectivity index (χ1n) is 8.82. The van der Waals surface area contributed by atoms with Crippen molar-refractivity contribution in [2.45, 2.75) is 65.9 Å². The molecule has 24 heavy (non-hydrogen) atoms. The lowest BCUT2D eigenvalue weighted by Crippen LogP contribution is -2.12. The molecule has 130 valence electrons. The molecule has 0 radical (unpaired) electrons. The van der Waals surface area contributed by atoms with Gasteiger partial charge in [0.2, 0.25) is 0 Å². The first kappa shape index (κ1) is 18.6. The maximum Gasteiger partial charge on any atom is 0.123 e. The molecule has 1 aromatic heterocycles. The van der Waals surface area contributed by atoms with Crippen LogP contribution in [0.5, 0.6) is 0 Å². The van der Waals surface area contributed by atoms with Gasteiger partial charge in [0, 0.05) is 17.0 Å². The van der Waals surface area contributed by atoms with Crippen LogP contribution in [0.4, 0.5) is 4.39 Å². The molecule has 1 heterocycles. The lowest BCUT2D eigenvalue weighted by molar-refractivity contribution is 0.279. The van der Waals surface area contributed by atoms with Gasteiger partial charge in [0.1, 0.15) is 5.82 Å². The van der Waals surface area contributed by atoms with Crippen molar-refractivity contribution >= 4 is 0 Å². The summed E-state index contributed by atoms with van der Waals surface area (Å²) in [5, 5.41) is 10.1. The first-order valence-corrected chi connectivity index (χ1v) is 8.82. The van der Waals surface area contributed by atoms with Gasteiger partial charge in [-0.15, -0.1) is 0 Å². The highest BCUT2D eigenvalue weighted by atomic mass is 19.1. The van der Waals surface area contributed by atoms with Crippen LogP contribution in [-0.2, 0) is 13.0 Å². The maximum absolute atomic E-state index is 13.4. The van der Waals surface area contributed by atoms with Gasteiger partial charge in [-0.1, -0.05) is 53.2 Å². The summed E-state index contributed by atoms with van der Waals surface area (Å²) < 4.78 is 13.4. The van der Waals surface area contributed by atoms with Crippen LogP contribution >= 0.6 is 0 Å². The van der Waals surface area contributed by atoms with Gasteiger partial charge < -0.3 is 5.11 Å². The summed E-state index contributed by atoms with van der Waals surface area (Å²) >= 11 is 0. The summed E-state index contributed by atoms with van der Waals surface area (Å²) in [6.07, 6.45) is 1.90. The van der Waals surface area contributed by atoms with Gasteiger partial charge >= 0.3 is 0 Å². The number of hydrogen-bond donors (Lipinski definition) is 1. The number of hydrogen-bond acceptors (Lipinski definition) is 2. The van der Waals surface area contributed by atoms with Crippen molar-refractivity contribution in [1.82, 2.24) is 4.98 Å². The van der Waals surface area contributed by atoms with E-state index in [0.717, 1.165) is 40.9 Å². The molecule has 0 fully saturated rings. The summed E-state index contributed by atoms with van der Waals surface area (Å²) in [4.78, 5) is 4.93. The minimum Gasteiger partial charge on any atom is -0.392 e. The summed E-state index contributed by atoms with van der Waals surface area (Å²) in [5.74, 6) is 0.277. The molecule has 0 saturated carbocycles. The van der Waals surface area contributed by atoms with Crippen molar-refractivity contribution in [3.05, 3.63) is 52.6 Å². The normalized spacial score (nSPS) is 11.5. The molecule has 0 aliphatic carbocycles. The van der Waals surface area contributed by atoms with Gasteiger partial charge in [-0.3, -0.25) is 4.98 Å². The molecule has 1 N–H and O–H groups in total. The fraction of sp³-hybridized carbons (Fsp3) is 0.476. The molecule has 0 spiro atoms. The molecule has 2 aromatic rings. The zero-order valence-electron chi connectivity index (χ0n) is 15.4. The Bertz CT molecular complexity index is 690. The van der Waals surface area contributed by atoms with Gasteiger partial charge in [-0.25, -0.2) is 4.39 Å². The van der Waals surface area contributed by atoms with Crippen molar-refractivity contribution in [2.24, 2.45) is 0 Å². The number of pyridine rings is 1. The lowest BCUT2D eigenvalue weighted by Gasteiger charge is -2.24. The molecule has 1 aromatic carbocycles. The Morgan fingerprint density at radius 2 is 1.50 bits per heavy atom. The minimum atomic E-state index is -0.247. The molecule has 3 heteroatoms. The average molecular weight is 329 g/mol. The van der Waals surface area contributed by atoms with Crippen molar-refractivity contribution in [2.75, 3.05) is 0 Å². The second kappa shape index (κ2) is 7.89. The second-order valence-electron chi connectivity index (χ2n) is 6.94. The summed E-state index contributed by atoms with van der Waals surface area (Å²) in [6, 6.07) is 6.57. The number of aliphatic hydroxyl groups excluding tert-OH is 1. The SMILES string of the molecule is CCCc1c(C(C)C)nc(C(C)C)c(CO)c1-c1ccc(F)cc1. The number of rotatable bonds is 6. The third-order valence-corrected chi connectivity index (χ3v) is 4.35. The van der Waals surface area contributed by atoms with Crippen LogP contribution in [0.1, 0.15) is 75.4 Å². The summed E-state index contributed by atoms with van der Waals surface area (Å²) in [7, 11) is 0. The van der Waals surface area contributed by atoms with E-state index in [4.69, 9.17) is 4.98 Å². The van der Waals surface area contributed by atoms with Crippen LogP contribution in [0.3, 0.4) is 0 Å². The van der Waals surface area contributed by atoms with Crippen molar-refractivity contribution in [3.63, 3.8) is 0 Å². The monoisotopic (exact) mass is 329 g/mol. The molecule has 0 aliphatic rings. The number of benzene rings is 1. The highest BCUT2D eigenvalue weighted by molar-refractivity contribution is 5.73. The Labute approximate surface area is 144 Å². The van der Waals surface area contributed by atoms with E-state index in [1.165, 1.54) is 17.7 Å². The van der Waals surface area contributed by atoms with E-state index in [2.05, 4.69) is 34.6 Å². The van der Waals surface area contributed by atoms with Gasteiger partial charge in [0.25, 0.3) is 0 Å². The Balaban J connectivity index is 2.86. The standard InChI is InChI=1S/C21H28FNO/c1-6-7-17-19(15-8-10-16(22)11-9-15)18(12-24)21(14(4)5)23-20(17)13(2)3/h8-11,13-14,24H,6-7,12H2,1-5H3. The molecular formula is C21H28FNO. The van der Waals surface area contributed by atoms with E-state index in [1.807, 2.05) is 0 Å². The van der Waals surface area contributed by atoms with Gasteiger partial charge in [-0.2, -0.15) is 0 Å². The van der Waals surface area contributed by atoms with Crippen LogP contribution in [0.15, 0.2) is 24.3 Å². The smallest absolute Gasteiger partial charge is 0.123 e. The highest BCUT2D eigenvalue weighted by Gasteiger charge is 2.22. The second-order valence-corrected chi connectivity index (χ2v) is 6.94. The summed E-state index contributed by atoms with van der Waals surface area (Å²) in [5.41, 5.74) is 6.10. The largest absolute Gasteiger partial charge is 0.392 e. The van der Waals surface area contributed by atoms with Gasteiger partial charge in [-0.05, 0) is 47.1 Å². The molecule has 0 atom stereocenters. The van der Waals surface area contributed by atoms with Gasteiger partial charge in [0.15, 0.2) is 0 Å². The molecule has 0 bridgehead atoms. The van der Waals surface area contributed by atoms with E-state index in [-0.39, 0.29) is 18.3 Å². The minimum absolute atomic E-state index is 0.0533. The Hall–Kier alpha value is -1.74. The molecule has 0 unspecified atom stereocenters. The van der Waals surface area contributed by atoms with Crippen LogP contribution < -0.4 is 0 Å². The van der Waals surface area contributed by atoms with Crippen LogP contribution in [-0.4, -0.2) is 10.1 Å². The zero-order valence-corrected chi connectivity index (χ0v) is 15.4. The zero-order chi connectivity index (χ0) is 17.9. The Morgan fingerprint density at radius 1 is 0.958 bits per heavy atom. The molecular weight excluding hydrogens is 301 g/mol. The first-order chi connectivity index (χ1) is 11.4. The predicted molar refractivity (Wildman–Crippen MR) is 97.7 cm³/mol. The third-order valence-electron chi connectivity index (χ3n) is 4.35. The predicted octanol–water partition coefficient (Wildman–Crippen LogP) is 5.58. The average Bonchev–Trinajstić information content (AvgIpc) is 2.54. The maximum atomic E-state index is 13.4. The molecule has 0 aliphatic heterocycles. The molecule has 2 rings (SSSR count). The highest BCUT2D eigenvalue weighted by Crippen LogP contribution is 2.37. The number of aromatic nitrogens is 1.